The maximum Gasteiger partial charge on any atom is 0.404 e. The van der Waals surface area contributed by atoms with E-state index < -0.39 is 41.0 Å². The van der Waals surface area contributed by atoms with Gasteiger partial charge in [-0.1, -0.05) is 38.5 Å². The molecule has 0 radical (unpaired) electrons. The third kappa shape index (κ3) is 8.09. The van der Waals surface area contributed by atoms with Gasteiger partial charge in [0.15, 0.2) is 0 Å². The Kier molecular flexibility index (Phi) is 11.3. The van der Waals surface area contributed by atoms with Gasteiger partial charge in [-0.2, -0.15) is 12.7 Å². The summed E-state index contributed by atoms with van der Waals surface area (Å²) in [5, 5.41) is 15.0. The molecule has 1 aromatic carbocycles. The van der Waals surface area contributed by atoms with Crippen molar-refractivity contribution in [2.45, 2.75) is 95.6 Å². The number of piperidine rings is 1. The number of nitrogens with zero attached hydrogens (tertiary/aromatic N) is 2. The van der Waals surface area contributed by atoms with Crippen molar-refractivity contribution in [1.82, 2.24) is 24.2 Å². The first kappa shape index (κ1) is 36.1. The summed E-state index contributed by atoms with van der Waals surface area (Å²) in [7, 11) is -3.96. The van der Waals surface area contributed by atoms with Gasteiger partial charge < -0.3 is 25.6 Å². The van der Waals surface area contributed by atoms with Crippen molar-refractivity contribution in [2.75, 3.05) is 31.6 Å². The van der Waals surface area contributed by atoms with E-state index in [1.807, 2.05) is 0 Å². The Hall–Kier alpha value is -3.72. The van der Waals surface area contributed by atoms with Gasteiger partial charge in [-0.25, -0.2) is 13.9 Å². The topological polar surface area (TPSA) is 181 Å². The zero-order valence-corrected chi connectivity index (χ0v) is 29.2. The number of nitrogens with one attached hydrogen (secondary N) is 4. The number of carbonyl (C=O) groups excluding carboxylic acids is 3. The third-order valence-electron chi connectivity index (χ3n) is 11.4. The van der Waals surface area contributed by atoms with Crippen LogP contribution in [0.1, 0.15) is 94.0 Å². The lowest BCUT2D eigenvalue weighted by atomic mass is 9.76. The van der Waals surface area contributed by atoms with Crippen LogP contribution in [0, 0.1) is 23.7 Å². The minimum atomic E-state index is -3.96. The van der Waals surface area contributed by atoms with Crippen LogP contribution in [0.4, 0.5) is 14.9 Å². The van der Waals surface area contributed by atoms with Crippen molar-refractivity contribution in [3.8, 4) is 0 Å². The van der Waals surface area contributed by atoms with E-state index in [0.29, 0.717) is 67.8 Å². The zero-order chi connectivity index (χ0) is 35.4. The van der Waals surface area contributed by atoms with Gasteiger partial charge in [0.05, 0.1) is 6.04 Å². The Labute approximate surface area is 292 Å². The maximum absolute atomic E-state index is 14.2. The van der Waals surface area contributed by atoms with Gasteiger partial charge >= 0.3 is 16.3 Å². The summed E-state index contributed by atoms with van der Waals surface area (Å²) in [6.45, 7) is 0.439. The van der Waals surface area contributed by atoms with E-state index in [-0.39, 0.29) is 35.3 Å². The van der Waals surface area contributed by atoms with Gasteiger partial charge in [0.1, 0.15) is 18.4 Å². The fourth-order valence-corrected chi connectivity index (χ4v) is 10.0. The molecule has 4 amide bonds. The molecule has 15 heteroatoms. The number of alkyl halides is 1. The summed E-state index contributed by atoms with van der Waals surface area (Å²) in [5.74, 6) is -1.21. The highest BCUT2D eigenvalue weighted by atomic mass is 32.2. The van der Waals surface area contributed by atoms with Crippen molar-refractivity contribution >= 4 is 50.6 Å². The average molecular weight is 717 g/mol. The lowest BCUT2D eigenvalue weighted by Gasteiger charge is -2.37. The summed E-state index contributed by atoms with van der Waals surface area (Å²) < 4.78 is 42.6. The Morgan fingerprint density at radius 1 is 0.900 bits per heavy atom. The standard InChI is InChI=1S/C35H49FN6O7S/c36-21-30(39-35(46)47)23-9-11-24(12-10-23)34(45)42-18-15-27(22-7-3-1-4-8-22)31(42)33(44)37-26-13-14-28-25(19-26)20-29(38-28)32(43)40-50(48,49)41-16-5-2-6-17-41/h13-14,19-20,22-24,27,30-31,38-39H,1-12,15-18,21H2,(H,37,44)(H,40,43)(H,46,47)/t23?,24?,27-,30+,31-/m0/s1. The molecule has 274 valence electrons. The Balaban J connectivity index is 1.15. The fraction of sp³-hybridized carbons (Fsp3) is 0.657. The number of aromatic amines is 1. The molecule has 3 heterocycles. The van der Waals surface area contributed by atoms with Crippen molar-refractivity contribution in [2.24, 2.45) is 23.7 Å². The van der Waals surface area contributed by atoms with Crippen LogP contribution in [0.3, 0.4) is 0 Å². The fourth-order valence-electron chi connectivity index (χ4n) is 8.79. The predicted molar refractivity (Wildman–Crippen MR) is 185 cm³/mol. The number of carbonyl (C=O) groups is 4. The minimum absolute atomic E-state index is 0.0272. The van der Waals surface area contributed by atoms with E-state index in [1.165, 1.54) is 10.7 Å². The lowest BCUT2D eigenvalue weighted by molar-refractivity contribution is -0.142. The average Bonchev–Trinajstić information content (AvgIpc) is 3.76. The van der Waals surface area contributed by atoms with Gasteiger partial charge in [-0.3, -0.25) is 14.4 Å². The highest BCUT2D eigenvalue weighted by Gasteiger charge is 2.47. The number of carboxylic acid groups (broad SMARTS) is 1. The van der Waals surface area contributed by atoms with E-state index in [2.05, 4.69) is 20.3 Å². The molecule has 6 rings (SSSR count). The van der Waals surface area contributed by atoms with E-state index in [1.54, 1.807) is 29.2 Å². The summed E-state index contributed by atoms with van der Waals surface area (Å²) in [6, 6.07) is 5.29. The van der Waals surface area contributed by atoms with Crippen LogP contribution in [0.2, 0.25) is 0 Å². The molecule has 4 fully saturated rings. The minimum Gasteiger partial charge on any atom is -0.465 e. The highest BCUT2D eigenvalue weighted by Crippen LogP contribution is 2.41. The van der Waals surface area contributed by atoms with Crippen LogP contribution in [0.15, 0.2) is 24.3 Å². The molecular weight excluding hydrogens is 667 g/mol. The number of likely N-dealkylation sites (tertiary alicyclic amines) is 1. The van der Waals surface area contributed by atoms with Gasteiger partial charge in [0, 0.05) is 42.1 Å². The monoisotopic (exact) mass is 716 g/mol. The van der Waals surface area contributed by atoms with Crippen molar-refractivity contribution in [1.29, 1.82) is 0 Å². The van der Waals surface area contributed by atoms with E-state index in [9.17, 15) is 32.0 Å². The molecule has 1 aromatic heterocycles. The van der Waals surface area contributed by atoms with E-state index >= 15 is 0 Å². The van der Waals surface area contributed by atoms with Crippen molar-refractivity contribution < 1.29 is 37.1 Å². The predicted octanol–water partition coefficient (Wildman–Crippen LogP) is 4.78. The van der Waals surface area contributed by atoms with E-state index in [4.69, 9.17) is 5.11 Å². The molecule has 50 heavy (non-hydrogen) atoms. The number of amides is 4. The number of halogens is 1. The first-order chi connectivity index (χ1) is 24.0. The van der Waals surface area contributed by atoms with Crippen LogP contribution >= 0.6 is 0 Å². The van der Waals surface area contributed by atoms with Gasteiger partial charge in [-0.15, -0.1) is 0 Å². The maximum atomic E-state index is 14.2. The number of H-pyrrole nitrogens is 1. The normalized spacial score (nSPS) is 26.0. The first-order valence-electron chi connectivity index (χ1n) is 18.2. The van der Waals surface area contributed by atoms with Gasteiger partial charge in [0.2, 0.25) is 11.8 Å². The molecule has 2 aliphatic heterocycles. The number of anilines is 1. The first-order valence-corrected chi connectivity index (χ1v) is 19.6. The zero-order valence-electron chi connectivity index (χ0n) is 28.4. The van der Waals surface area contributed by atoms with Crippen LogP contribution in [-0.2, 0) is 19.8 Å². The number of benzene rings is 1. The molecule has 5 N–H and O–H groups in total. The number of aromatic nitrogens is 1. The molecule has 2 aromatic rings. The molecule has 13 nitrogen and oxygen atoms in total. The smallest absolute Gasteiger partial charge is 0.404 e. The molecule has 0 unspecified atom stereocenters. The number of rotatable bonds is 10. The number of fused-ring (bicyclic) bond motifs is 1. The van der Waals surface area contributed by atoms with Gasteiger partial charge in [0.25, 0.3) is 5.91 Å². The van der Waals surface area contributed by atoms with E-state index in [0.717, 1.165) is 51.4 Å². The molecule has 3 atom stereocenters. The molecule has 0 bridgehead atoms. The van der Waals surface area contributed by atoms with Crippen LogP contribution in [-0.4, -0.2) is 89.9 Å². The molecule has 0 spiro atoms. The quantitative estimate of drug-likeness (QED) is 0.235. The Morgan fingerprint density at radius 2 is 1.60 bits per heavy atom. The van der Waals surface area contributed by atoms with Gasteiger partial charge in [-0.05, 0) is 87.0 Å². The second-order valence-corrected chi connectivity index (χ2v) is 16.2. The largest absolute Gasteiger partial charge is 0.465 e. The van der Waals surface area contributed by atoms with Crippen molar-refractivity contribution in [3.05, 3.63) is 30.0 Å². The number of hydrogen-bond acceptors (Lipinski definition) is 6. The summed E-state index contributed by atoms with van der Waals surface area (Å²) >= 11 is 0. The third-order valence-corrected chi connectivity index (χ3v) is 12.9. The second-order valence-electron chi connectivity index (χ2n) is 14.5. The molecular formula is C35H49FN6O7S. The lowest BCUT2D eigenvalue weighted by Crippen LogP contribution is -2.50. The summed E-state index contributed by atoms with van der Waals surface area (Å²) in [5.41, 5.74) is 1.19. The SMILES string of the molecule is O=C(O)N[C@H](CF)C1CCC(C(=O)N2CC[C@@H](C3CCCCC3)[C@H]2C(=O)Nc2ccc3[nH]c(C(=O)NS(=O)(=O)N4CCCCC4)cc3c2)CC1. The Bertz CT molecular complexity index is 1660. The second kappa shape index (κ2) is 15.7. The van der Waals surface area contributed by atoms with Crippen LogP contribution < -0.4 is 15.4 Å². The number of hydrogen-bond donors (Lipinski definition) is 5. The summed E-state index contributed by atoms with van der Waals surface area (Å²) in [4.78, 5) is 57.0. The highest BCUT2D eigenvalue weighted by molar-refractivity contribution is 7.87. The van der Waals surface area contributed by atoms with Crippen molar-refractivity contribution in [3.63, 3.8) is 0 Å². The molecule has 2 aliphatic carbocycles. The molecule has 2 saturated carbocycles. The summed E-state index contributed by atoms with van der Waals surface area (Å²) in [6.07, 6.45) is 9.46. The molecule has 2 saturated heterocycles. The van der Waals surface area contributed by atoms with Crippen LogP contribution in [0.25, 0.3) is 10.9 Å². The molecule has 4 aliphatic rings. The Morgan fingerprint density at radius 3 is 2.28 bits per heavy atom. The van der Waals surface area contributed by atoms with Crippen LogP contribution in [0.5, 0.6) is 0 Å².